The quantitative estimate of drug-likeness (QED) is 0.424. The first-order chi connectivity index (χ1) is 15.6. The lowest BCUT2D eigenvalue weighted by Gasteiger charge is -2.38. The molecule has 2 heterocycles. The van der Waals surface area contributed by atoms with Crippen molar-refractivity contribution in [2.75, 3.05) is 30.8 Å². The molecule has 0 saturated carbocycles. The lowest BCUT2D eigenvalue weighted by molar-refractivity contribution is -0.119. The summed E-state index contributed by atoms with van der Waals surface area (Å²) < 4.78 is 6.32. The molecule has 0 radical (unpaired) electrons. The van der Waals surface area contributed by atoms with Crippen LogP contribution in [0.25, 0.3) is 0 Å². The van der Waals surface area contributed by atoms with Crippen LogP contribution in [0.4, 0.5) is 10.8 Å². The summed E-state index contributed by atoms with van der Waals surface area (Å²) in [6, 6.07) is 16.1. The van der Waals surface area contributed by atoms with Crippen molar-refractivity contribution in [3.8, 4) is 0 Å². The summed E-state index contributed by atoms with van der Waals surface area (Å²) in [6.07, 6.45) is 1.80. The Balaban J connectivity index is 1.31. The lowest BCUT2D eigenvalue weighted by atomic mass is 9.74. The molecule has 4 rings (SSSR count). The Morgan fingerprint density at radius 3 is 2.72 bits per heavy atom. The number of nitrogens with zero attached hydrogens (tertiary/aromatic N) is 2. The van der Waals surface area contributed by atoms with Crippen LogP contribution in [0.1, 0.15) is 24.0 Å². The van der Waals surface area contributed by atoms with Gasteiger partial charge in [0.2, 0.25) is 11.0 Å². The lowest BCUT2D eigenvalue weighted by Crippen LogP contribution is -2.45. The number of nitrogens with one attached hydrogen (secondary N) is 2. The number of carbonyl (C=O) groups excluding carboxylic acids is 1. The second-order valence-electron chi connectivity index (χ2n) is 7.73. The van der Waals surface area contributed by atoms with Gasteiger partial charge in [0.25, 0.3) is 0 Å². The molecule has 1 aromatic heterocycles. The first-order valence-corrected chi connectivity index (χ1v) is 12.6. The van der Waals surface area contributed by atoms with E-state index in [0.29, 0.717) is 35.7 Å². The SMILES string of the molecule is Cc1c(Cl)cccc1Nc1nnc(SCC(=O)NCC2(c3ccccc3)CCOCC2)s1. The molecule has 1 fully saturated rings. The highest BCUT2D eigenvalue weighted by Crippen LogP contribution is 2.34. The smallest absolute Gasteiger partial charge is 0.230 e. The average molecular weight is 489 g/mol. The van der Waals surface area contributed by atoms with Crippen LogP contribution in [0.15, 0.2) is 52.9 Å². The topological polar surface area (TPSA) is 76.1 Å². The fourth-order valence-electron chi connectivity index (χ4n) is 3.74. The normalized spacial score (nSPS) is 15.3. The molecule has 6 nitrogen and oxygen atoms in total. The minimum Gasteiger partial charge on any atom is -0.381 e. The standard InChI is InChI=1S/C23H25ClN4O2S2/c1-16-18(24)8-5-9-19(16)26-21-27-28-22(32-21)31-14-20(29)25-15-23(10-12-30-13-11-23)17-6-3-2-4-7-17/h2-9H,10-15H2,1H3,(H,25,29)(H,26,27). The highest BCUT2D eigenvalue weighted by Gasteiger charge is 2.34. The minimum absolute atomic E-state index is 0.00723. The Morgan fingerprint density at radius 1 is 1.16 bits per heavy atom. The molecule has 32 heavy (non-hydrogen) atoms. The largest absolute Gasteiger partial charge is 0.381 e. The van der Waals surface area contributed by atoms with Crippen molar-refractivity contribution < 1.29 is 9.53 Å². The zero-order chi connectivity index (χ0) is 22.4. The van der Waals surface area contributed by atoms with Crippen LogP contribution in [-0.4, -0.2) is 41.6 Å². The zero-order valence-electron chi connectivity index (χ0n) is 17.8. The summed E-state index contributed by atoms with van der Waals surface area (Å²) in [6.45, 7) is 3.99. The maximum Gasteiger partial charge on any atom is 0.230 e. The van der Waals surface area contributed by atoms with Crippen LogP contribution in [0, 0.1) is 6.92 Å². The van der Waals surface area contributed by atoms with E-state index in [1.807, 2.05) is 31.2 Å². The summed E-state index contributed by atoms with van der Waals surface area (Å²) in [5, 5.41) is 16.1. The molecule has 0 atom stereocenters. The van der Waals surface area contributed by atoms with Gasteiger partial charge in [0.15, 0.2) is 4.34 Å². The van der Waals surface area contributed by atoms with Gasteiger partial charge in [0, 0.05) is 35.9 Å². The molecule has 0 bridgehead atoms. The second-order valence-corrected chi connectivity index (χ2v) is 10.3. The van der Waals surface area contributed by atoms with E-state index in [-0.39, 0.29) is 11.3 Å². The molecule has 2 N–H and O–H groups in total. The van der Waals surface area contributed by atoms with Gasteiger partial charge in [-0.2, -0.15) is 0 Å². The maximum absolute atomic E-state index is 12.6. The van der Waals surface area contributed by atoms with E-state index in [1.54, 1.807) is 0 Å². The van der Waals surface area contributed by atoms with E-state index < -0.39 is 0 Å². The molecule has 3 aromatic rings. The van der Waals surface area contributed by atoms with Gasteiger partial charge < -0.3 is 15.4 Å². The summed E-state index contributed by atoms with van der Waals surface area (Å²) >= 11 is 8.98. The first kappa shape index (κ1) is 23.0. The highest BCUT2D eigenvalue weighted by atomic mass is 35.5. The number of amides is 1. The number of ether oxygens (including phenoxy) is 1. The van der Waals surface area contributed by atoms with Gasteiger partial charge in [-0.25, -0.2) is 0 Å². The number of rotatable bonds is 8. The first-order valence-electron chi connectivity index (χ1n) is 10.4. The molecule has 1 amide bonds. The van der Waals surface area contributed by atoms with Crippen LogP contribution >= 0.6 is 34.7 Å². The van der Waals surface area contributed by atoms with Crippen molar-refractivity contribution in [1.29, 1.82) is 0 Å². The van der Waals surface area contributed by atoms with Crippen molar-refractivity contribution in [2.24, 2.45) is 0 Å². The molecule has 0 spiro atoms. The zero-order valence-corrected chi connectivity index (χ0v) is 20.2. The number of hydrogen-bond donors (Lipinski definition) is 2. The third kappa shape index (κ3) is 5.61. The average Bonchev–Trinajstić information content (AvgIpc) is 3.28. The van der Waals surface area contributed by atoms with Crippen LogP contribution in [0.2, 0.25) is 5.02 Å². The predicted molar refractivity (Wildman–Crippen MR) is 131 cm³/mol. The Hall–Kier alpha value is -2.13. The van der Waals surface area contributed by atoms with Crippen molar-refractivity contribution in [1.82, 2.24) is 15.5 Å². The fraction of sp³-hybridized carbons (Fsp3) is 0.348. The van der Waals surface area contributed by atoms with Gasteiger partial charge in [-0.1, -0.05) is 71.1 Å². The van der Waals surface area contributed by atoms with Crippen molar-refractivity contribution in [3.05, 3.63) is 64.7 Å². The number of anilines is 2. The molecule has 1 saturated heterocycles. The van der Waals surface area contributed by atoms with Crippen LogP contribution in [-0.2, 0) is 14.9 Å². The molecule has 0 unspecified atom stereocenters. The van der Waals surface area contributed by atoms with E-state index in [1.165, 1.54) is 28.7 Å². The number of thioether (sulfide) groups is 1. The van der Waals surface area contributed by atoms with Crippen molar-refractivity contribution in [2.45, 2.75) is 29.5 Å². The van der Waals surface area contributed by atoms with Gasteiger partial charge in [-0.15, -0.1) is 10.2 Å². The van der Waals surface area contributed by atoms with Crippen LogP contribution in [0.5, 0.6) is 0 Å². The minimum atomic E-state index is -0.0749. The summed E-state index contributed by atoms with van der Waals surface area (Å²) in [5.74, 6) is 0.291. The summed E-state index contributed by atoms with van der Waals surface area (Å²) in [7, 11) is 0. The molecule has 1 aliphatic rings. The number of halogens is 1. The van der Waals surface area contributed by atoms with E-state index >= 15 is 0 Å². The summed E-state index contributed by atoms with van der Waals surface area (Å²) in [4.78, 5) is 12.6. The van der Waals surface area contributed by atoms with Gasteiger partial charge in [0.1, 0.15) is 0 Å². The monoisotopic (exact) mass is 488 g/mol. The number of aromatic nitrogens is 2. The Labute approximate surface area is 201 Å². The third-order valence-electron chi connectivity index (χ3n) is 5.70. The Bertz CT molecular complexity index is 1060. The van der Waals surface area contributed by atoms with E-state index in [0.717, 1.165) is 28.4 Å². The van der Waals surface area contributed by atoms with Crippen LogP contribution < -0.4 is 10.6 Å². The molecule has 2 aromatic carbocycles. The van der Waals surface area contributed by atoms with E-state index in [4.69, 9.17) is 16.3 Å². The molecule has 0 aliphatic carbocycles. The van der Waals surface area contributed by atoms with Crippen molar-refractivity contribution in [3.63, 3.8) is 0 Å². The third-order valence-corrected chi connectivity index (χ3v) is 8.08. The molecular formula is C23H25ClN4O2S2. The van der Waals surface area contributed by atoms with Gasteiger partial charge in [-0.3, -0.25) is 4.79 Å². The second kappa shape index (κ2) is 10.7. The molecular weight excluding hydrogens is 464 g/mol. The fourth-order valence-corrected chi connectivity index (χ4v) is 5.51. The van der Waals surface area contributed by atoms with Gasteiger partial charge in [0.05, 0.1) is 5.75 Å². The number of hydrogen-bond acceptors (Lipinski definition) is 7. The Kier molecular flexibility index (Phi) is 7.67. The number of benzene rings is 2. The highest BCUT2D eigenvalue weighted by molar-refractivity contribution is 8.01. The van der Waals surface area contributed by atoms with Crippen molar-refractivity contribution >= 4 is 51.4 Å². The molecule has 1 aliphatic heterocycles. The van der Waals surface area contributed by atoms with Crippen LogP contribution in [0.3, 0.4) is 0 Å². The van der Waals surface area contributed by atoms with E-state index in [2.05, 4.69) is 45.1 Å². The summed E-state index contributed by atoms with van der Waals surface area (Å²) in [5.41, 5.74) is 3.03. The number of carbonyl (C=O) groups is 1. The van der Waals surface area contributed by atoms with E-state index in [9.17, 15) is 4.79 Å². The predicted octanol–water partition coefficient (Wildman–Crippen LogP) is 5.20. The maximum atomic E-state index is 12.6. The molecule has 168 valence electrons. The molecule has 9 heteroatoms. The Morgan fingerprint density at radius 2 is 1.94 bits per heavy atom. The van der Waals surface area contributed by atoms with Gasteiger partial charge in [-0.05, 0) is 43.0 Å². The van der Waals surface area contributed by atoms with Gasteiger partial charge >= 0.3 is 0 Å².